The van der Waals surface area contributed by atoms with Gasteiger partial charge in [-0.1, -0.05) is 47.5 Å². The SMILES string of the molecule is CCOc1cc(/C=C(\C#N)C(=O)Nc2ccc(C)c(Cl)c2)cc(Cl)c1Cc1ccccc1F. The van der Waals surface area contributed by atoms with Crippen molar-refractivity contribution in [2.75, 3.05) is 11.9 Å². The van der Waals surface area contributed by atoms with Gasteiger partial charge in [-0.25, -0.2) is 4.39 Å². The Morgan fingerprint density at radius 3 is 2.58 bits per heavy atom. The lowest BCUT2D eigenvalue weighted by atomic mass is 10.0. The van der Waals surface area contributed by atoms with Crippen LogP contribution in [0.1, 0.15) is 29.2 Å². The summed E-state index contributed by atoms with van der Waals surface area (Å²) in [6.07, 6.45) is 1.66. The van der Waals surface area contributed by atoms with Crippen LogP contribution >= 0.6 is 23.2 Å². The number of amides is 1. The van der Waals surface area contributed by atoms with Crippen molar-refractivity contribution in [3.8, 4) is 11.8 Å². The van der Waals surface area contributed by atoms with Gasteiger partial charge in [-0.3, -0.25) is 4.79 Å². The molecule has 0 fully saturated rings. The zero-order valence-corrected chi connectivity index (χ0v) is 19.6. The molecule has 3 aromatic carbocycles. The summed E-state index contributed by atoms with van der Waals surface area (Å²) >= 11 is 12.6. The maximum atomic E-state index is 14.2. The molecule has 3 aromatic rings. The highest BCUT2D eigenvalue weighted by Crippen LogP contribution is 2.32. The number of nitrogens with one attached hydrogen (secondary N) is 1. The van der Waals surface area contributed by atoms with Crippen molar-refractivity contribution in [1.82, 2.24) is 0 Å². The fraction of sp³-hybridized carbons (Fsp3) is 0.154. The average molecular weight is 483 g/mol. The molecule has 0 aliphatic heterocycles. The molecular weight excluding hydrogens is 462 g/mol. The van der Waals surface area contributed by atoms with Gasteiger partial charge in [-0.05, 0) is 66.9 Å². The highest BCUT2D eigenvalue weighted by Gasteiger charge is 2.15. The number of nitrogens with zero attached hydrogens (tertiary/aromatic N) is 1. The molecule has 0 spiro atoms. The van der Waals surface area contributed by atoms with Gasteiger partial charge >= 0.3 is 0 Å². The number of halogens is 3. The maximum absolute atomic E-state index is 14.2. The largest absolute Gasteiger partial charge is 0.494 e. The van der Waals surface area contributed by atoms with Crippen LogP contribution in [0.25, 0.3) is 6.08 Å². The Morgan fingerprint density at radius 2 is 1.91 bits per heavy atom. The number of carbonyl (C=O) groups excluding carboxylic acids is 1. The van der Waals surface area contributed by atoms with Crippen molar-refractivity contribution in [3.05, 3.63) is 98.3 Å². The number of ether oxygens (including phenoxy) is 1. The molecule has 0 radical (unpaired) electrons. The Balaban J connectivity index is 1.92. The maximum Gasteiger partial charge on any atom is 0.266 e. The first kappa shape index (κ1) is 24.3. The number of hydrogen-bond donors (Lipinski definition) is 1. The van der Waals surface area contributed by atoms with Crippen molar-refractivity contribution < 1.29 is 13.9 Å². The van der Waals surface area contributed by atoms with Crippen LogP contribution < -0.4 is 10.1 Å². The van der Waals surface area contributed by atoms with Gasteiger partial charge in [0.05, 0.1) is 6.61 Å². The molecule has 0 bridgehead atoms. The molecule has 1 N–H and O–H groups in total. The van der Waals surface area contributed by atoms with E-state index >= 15 is 0 Å². The van der Waals surface area contributed by atoms with E-state index in [-0.39, 0.29) is 17.8 Å². The molecule has 7 heteroatoms. The molecular formula is C26H21Cl2FN2O2. The molecule has 0 aliphatic carbocycles. The van der Waals surface area contributed by atoms with Crippen LogP contribution in [0.3, 0.4) is 0 Å². The molecule has 3 rings (SSSR count). The molecule has 0 atom stereocenters. The van der Waals surface area contributed by atoms with E-state index in [1.807, 2.05) is 19.9 Å². The van der Waals surface area contributed by atoms with Gasteiger partial charge < -0.3 is 10.1 Å². The van der Waals surface area contributed by atoms with E-state index in [9.17, 15) is 14.4 Å². The van der Waals surface area contributed by atoms with E-state index in [4.69, 9.17) is 27.9 Å². The number of rotatable bonds is 7. The third kappa shape index (κ3) is 6.13. The summed E-state index contributed by atoms with van der Waals surface area (Å²) in [4.78, 5) is 12.6. The summed E-state index contributed by atoms with van der Waals surface area (Å²) in [6.45, 7) is 4.04. The van der Waals surface area contributed by atoms with E-state index in [1.54, 1.807) is 48.5 Å². The van der Waals surface area contributed by atoms with Crippen LogP contribution in [0.5, 0.6) is 5.75 Å². The Hall–Kier alpha value is -3.33. The minimum absolute atomic E-state index is 0.118. The topological polar surface area (TPSA) is 62.1 Å². The molecule has 0 aromatic heterocycles. The number of hydrogen-bond acceptors (Lipinski definition) is 3. The Labute approximate surface area is 202 Å². The number of nitriles is 1. The van der Waals surface area contributed by atoms with Crippen LogP contribution in [-0.4, -0.2) is 12.5 Å². The molecule has 0 saturated carbocycles. The molecule has 0 aliphatic rings. The summed E-state index contributed by atoms with van der Waals surface area (Å²) in [7, 11) is 0. The second kappa shape index (κ2) is 11.0. The van der Waals surface area contributed by atoms with Crippen LogP contribution in [0.15, 0.2) is 60.2 Å². The van der Waals surface area contributed by atoms with Crippen LogP contribution in [0.4, 0.5) is 10.1 Å². The predicted octanol–water partition coefficient (Wildman–Crippen LogP) is 6.98. The van der Waals surface area contributed by atoms with Gasteiger partial charge in [0.2, 0.25) is 0 Å². The van der Waals surface area contributed by atoms with Crippen molar-refractivity contribution in [2.45, 2.75) is 20.3 Å². The summed E-state index contributed by atoms with van der Waals surface area (Å²) in [5.41, 5.74) is 2.85. The van der Waals surface area contributed by atoms with Crippen molar-refractivity contribution in [3.63, 3.8) is 0 Å². The molecule has 4 nitrogen and oxygen atoms in total. The summed E-state index contributed by atoms with van der Waals surface area (Å²) in [5, 5.41) is 13.1. The third-order valence-electron chi connectivity index (χ3n) is 4.91. The van der Waals surface area contributed by atoms with Gasteiger partial charge in [-0.2, -0.15) is 5.26 Å². The molecule has 33 heavy (non-hydrogen) atoms. The lowest BCUT2D eigenvalue weighted by Crippen LogP contribution is -2.13. The minimum Gasteiger partial charge on any atom is -0.494 e. The van der Waals surface area contributed by atoms with Gasteiger partial charge in [0.1, 0.15) is 23.2 Å². The normalized spacial score (nSPS) is 11.1. The lowest BCUT2D eigenvalue weighted by Gasteiger charge is -2.14. The van der Waals surface area contributed by atoms with E-state index in [0.717, 1.165) is 5.56 Å². The number of anilines is 1. The Kier molecular flexibility index (Phi) is 8.11. The fourth-order valence-electron chi connectivity index (χ4n) is 3.19. The first-order valence-electron chi connectivity index (χ1n) is 10.2. The average Bonchev–Trinajstić information content (AvgIpc) is 2.78. The molecule has 0 unspecified atom stereocenters. The van der Waals surface area contributed by atoms with Crippen molar-refractivity contribution in [2.24, 2.45) is 0 Å². The predicted molar refractivity (Wildman–Crippen MR) is 130 cm³/mol. The van der Waals surface area contributed by atoms with E-state index < -0.39 is 5.91 Å². The second-order valence-electron chi connectivity index (χ2n) is 7.27. The monoisotopic (exact) mass is 482 g/mol. The van der Waals surface area contributed by atoms with E-state index in [2.05, 4.69) is 5.32 Å². The molecule has 0 heterocycles. The summed E-state index contributed by atoms with van der Waals surface area (Å²) < 4.78 is 19.9. The molecule has 168 valence electrons. The van der Waals surface area contributed by atoms with Gasteiger partial charge in [0.15, 0.2) is 0 Å². The third-order valence-corrected chi connectivity index (χ3v) is 5.65. The highest BCUT2D eigenvalue weighted by molar-refractivity contribution is 6.32. The standard InChI is InChI=1S/C26H21Cl2FN2O2/c1-3-33-25-12-17(11-23(28)21(25)13-18-6-4-5-7-24(18)29)10-19(15-30)26(32)31-20-9-8-16(2)22(27)14-20/h4-12,14H,3,13H2,1-2H3,(H,31,32)/b19-10+. The zero-order chi connectivity index (χ0) is 24.0. The Morgan fingerprint density at radius 1 is 1.15 bits per heavy atom. The molecule has 1 amide bonds. The minimum atomic E-state index is -0.582. The van der Waals surface area contributed by atoms with E-state index in [1.165, 1.54) is 12.1 Å². The van der Waals surface area contributed by atoms with Gasteiger partial charge in [0, 0.05) is 27.7 Å². The van der Waals surface area contributed by atoms with Crippen LogP contribution in [0, 0.1) is 24.1 Å². The fourth-order valence-corrected chi connectivity index (χ4v) is 3.65. The second-order valence-corrected chi connectivity index (χ2v) is 8.08. The number of benzene rings is 3. The number of carbonyl (C=O) groups is 1. The van der Waals surface area contributed by atoms with Crippen LogP contribution in [0.2, 0.25) is 10.0 Å². The first-order valence-corrected chi connectivity index (χ1v) is 11.0. The zero-order valence-electron chi connectivity index (χ0n) is 18.1. The Bertz CT molecular complexity index is 1270. The van der Waals surface area contributed by atoms with E-state index in [0.29, 0.717) is 44.8 Å². The quantitative estimate of drug-likeness (QED) is 0.292. The highest BCUT2D eigenvalue weighted by atomic mass is 35.5. The molecule has 0 saturated heterocycles. The van der Waals surface area contributed by atoms with Crippen molar-refractivity contribution in [1.29, 1.82) is 5.26 Å². The lowest BCUT2D eigenvalue weighted by molar-refractivity contribution is -0.112. The number of aryl methyl sites for hydroxylation is 1. The smallest absolute Gasteiger partial charge is 0.266 e. The summed E-state index contributed by atoms with van der Waals surface area (Å²) in [5.74, 6) is -0.455. The first-order chi connectivity index (χ1) is 15.8. The van der Waals surface area contributed by atoms with Crippen LogP contribution in [-0.2, 0) is 11.2 Å². The van der Waals surface area contributed by atoms with Crippen molar-refractivity contribution >= 4 is 40.9 Å². The summed E-state index contributed by atoms with van der Waals surface area (Å²) in [6, 6.07) is 16.8. The van der Waals surface area contributed by atoms with Gasteiger partial charge in [0.25, 0.3) is 5.91 Å². The van der Waals surface area contributed by atoms with Gasteiger partial charge in [-0.15, -0.1) is 0 Å².